The van der Waals surface area contributed by atoms with Gasteiger partial charge in [-0.05, 0) is 39.0 Å². The quantitative estimate of drug-likeness (QED) is 0.619. The average molecular weight is 430 g/mol. The van der Waals surface area contributed by atoms with Crippen molar-refractivity contribution in [3.8, 4) is 11.5 Å². The van der Waals surface area contributed by atoms with Crippen molar-refractivity contribution in [2.75, 3.05) is 45.3 Å². The van der Waals surface area contributed by atoms with Gasteiger partial charge in [0.05, 0.1) is 19.9 Å². The third-order valence-electron chi connectivity index (χ3n) is 5.30. The smallest absolute Gasteiger partial charge is 0.272 e. The van der Waals surface area contributed by atoms with Crippen LogP contribution in [-0.2, 0) is 0 Å². The molecule has 0 bridgehead atoms. The Morgan fingerprint density at radius 2 is 1.77 bits per heavy atom. The van der Waals surface area contributed by atoms with Crippen molar-refractivity contribution in [3.05, 3.63) is 29.6 Å². The second-order valence-corrected chi connectivity index (χ2v) is 8.61. The lowest BCUT2D eigenvalue weighted by molar-refractivity contribution is 0.0732. The van der Waals surface area contributed by atoms with Gasteiger partial charge >= 0.3 is 0 Å². The summed E-state index contributed by atoms with van der Waals surface area (Å²) in [5, 5.41) is 5.39. The molecular weight excluding hydrogens is 402 g/mol. The van der Waals surface area contributed by atoms with E-state index in [0.717, 1.165) is 45.6 Å². The van der Waals surface area contributed by atoms with Crippen molar-refractivity contribution in [2.24, 2.45) is 0 Å². The number of ether oxygens (including phenoxy) is 2. The number of hydrogen-bond acceptors (Lipinski definition) is 7. The van der Waals surface area contributed by atoms with Crippen molar-refractivity contribution in [2.45, 2.75) is 26.8 Å². The van der Waals surface area contributed by atoms with E-state index in [2.05, 4.69) is 10.00 Å². The third kappa shape index (κ3) is 3.58. The Kier molecular flexibility index (Phi) is 5.55. The lowest BCUT2D eigenvalue weighted by atomic mass is 10.2. The second kappa shape index (κ2) is 8.14. The van der Waals surface area contributed by atoms with Crippen LogP contribution in [0.15, 0.2) is 18.2 Å². The molecule has 0 spiro atoms. The van der Waals surface area contributed by atoms with Crippen LogP contribution in [0.25, 0.3) is 10.2 Å². The molecular formula is C21H27N5O3S. The van der Waals surface area contributed by atoms with Gasteiger partial charge in [-0.2, -0.15) is 5.10 Å². The van der Waals surface area contributed by atoms with Gasteiger partial charge in [0.1, 0.15) is 27.4 Å². The molecule has 9 heteroatoms. The summed E-state index contributed by atoms with van der Waals surface area (Å²) in [5.74, 6) is 1.57. The Bertz CT molecular complexity index is 1030. The molecule has 0 atom stereocenters. The van der Waals surface area contributed by atoms with Crippen LogP contribution in [-0.4, -0.2) is 66.0 Å². The first-order chi connectivity index (χ1) is 14.4. The summed E-state index contributed by atoms with van der Waals surface area (Å²) in [6, 6.07) is 5.80. The van der Waals surface area contributed by atoms with Gasteiger partial charge in [0.15, 0.2) is 5.13 Å². The zero-order chi connectivity index (χ0) is 21.4. The molecule has 30 heavy (non-hydrogen) atoms. The van der Waals surface area contributed by atoms with Crippen LogP contribution in [0.2, 0.25) is 0 Å². The van der Waals surface area contributed by atoms with Gasteiger partial charge in [0, 0.05) is 32.2 Å². The molecule has 3 heterocycles. The summed E-state index contributed by atoms with van der Waals surface area (Å²) in [4.78, 5) is 22.0. The molecule has 0 aliphatic carbocycles. The van der Waals surface area contributed by atoms with E-state index < -0.39 is 0 Å². The molecule has 1 aliphatic rings. The number of amides is 1. The van der Waals surface area contributed by atoms with Crippen LogP contribution in [0.5, 0.6) is 11.5 Å². The number of thiazole rings is 1. The highest BCUT2D eigenvalue weighted by molar-refractivity contribution is 7.22. The number of aryl methyl sites for hydroxylation is 1. The van der Waals surface area contributed by atoms with Crippen LogP contribution in [0, 0.1) is 6.92 Å². The molecule has 1 saturated heterocycles. The zero-order valence-corrected chi connectivity index (χ0v) is 18.8. The van der Waals surface area contributed by atoms with Gasteiger partial charge in [0.25, 0.3) is 5.91 Å². The lowest BCUT2D eigenvalue weighted by Gasteiger charge is -2.34. The second-order valence-electron chi connectivity index (χ2n) is 7.63. The van der Waals surface area contributed by atoms with Crippen molar-refractivity contribution >= 4 is 32.6 Å². The Balaban J connectivity index is 1.52. The fourth-order valence-corrected chi connectivity index (χ4v) is 4.87. The molecule has 1 fully saturated rings. The third-order valence-corrected chi connectivity index (χ3v) is 6.43. The predicted molar refractivity (Wildman–Crippen MR) is 118 cm³/mol. The Morgan fingerprint density at radius 1 is 1.10 bits per heavy atom. The molecule has 8 nitrogen and oxygen atoms in total. The molecule has 160 valence electrons. The van der Waals surface area contributed by atoms with E-state index in [1.165, 1.54) is 0 Å². The van der Waals surface area contributed by atoms with Gasteiger partial charge in [0.2, 0.25) is 0 Å². The first-order valence-corrected chi connectivity index (χ1v) is 10.9. The maximum atomic E-state index is 13.1. The van der Waals surface area contributed by atoms with E-state index in [1.807, 2.05) is 48.6 Å². The fourth-order valence-electron chi connectivity index (χ4n) is 3.74. The maximum absolute atomic E-state index is 13.1. The molecule has 1 aliphatic heterocycles. The topological polar surface area (TPSA) is 72.7 Å². The summed E-state index contributed by atoms with van der Waals surface area (Å²) in [5.41, 5.74) is 2.33. The number of carbonyl (C=O) groups is 1. The van der Waals surface area contributed by atoms with Crippen LogP contribution in [0.1, 0.15) is 36.1 Å². The summed E-state index contributed by atoms with van der Waals surface area (Å²) >= 11 is 1.59. The fraction of sp³-hybridized carbons (Fsp3) is 0.476. The van der Waals surface area contributed by atoms with Gasteiger partial charge in [-0.1, -0.05) is 11.3 Å². The zero-order valence-electron chi connectivity index (χ0n) is 18.0. The summed E-state index contributed by atoms with van der Waals surface area (Å²) < 4.78 is 13.7. The number of aromatic nitrogens is 3. The number of methoxy groups -OCH3 is 2. The SMILES string of the molecule is COc1ccc(OC)c2sc(N3CCN(C(=O)c4cc(C)nn4C(C)C)CC3)nc12. The van der Waals surface area contributed by atoms with Crippen LogP contribution < -0.4 is 14.4 Å². The highest BCUT2D eigenvalue weighted by atomic mass is 32.1. The van der Waals surface area contributed by atoms with E-state index in [0.29, 0.717) is 18.8 Å². The van der Waals surface area contributed by atoms with Crippen LogP contribution in [0.3, 0.4) is 0 Å². The van der Waals surface area contributed by atoms with E-state index in [-0.39, 0.29) is 11.9 Å². The van der Waals surface area contributed by atoms with Gasteiger partial charge < -0.3 is 19.3 Å². The Labute approximate surface area is 180 Å². The first kappa shape index (κ1) is 20.5. The molecule has 1 aromatic carbocycles. The molecule has 1 amide bonds. The van der Waals surface area contributed by atoms with Gasteiger partial charge in [-0.25, -0.2) is 4.98 Å². The highest BCUT2D eigenvalue weighted by Crippen LogP contribution is 2.40. The maximum Gasteiger partial charge on any atom is 0.272 e. The minimum atomic E-state index is 0.0385. The monoisotopic (exact) mass is 429 g/mol. The largest absolute Gasteiger partial charge is 0.495 e. The lowest BCUT2D eigenvalue weighted by Crippen LogP contribution is -2.49. The van der Waals surface area contributed by atoms with E-state index in [9.17, 15) is 4.79 Å². The number of piperazine rings is 1. The van der Waals surface area contributed by atoms with Crippen molar-refractivity contribution < 1.29 is 14.3 Å². The van der Waals surface area contributed by atoms with E-state index in [4.69, 9.17) is 14.5 Å². The van der Waals surface area contributed by atoms with Crippen LogP contribution >= 0.6 is 11.3 Å². The van der Waals surface area contributed by atoms with Gasteiger partial charge in [-0.15, -0.1) is 0 Å². The number of fused-ring (bicyclic) bond motifs is 1. The average Bonchev–Trinajstić information content (AvgIpc) is 3.37. The highest BCUT2D eigenvalue weighted by Gasteiger charge is 2.27. The summed E-state index contributed by atoms with van der Waals surface area (Å²) in [6.45, 7) is 8.74. The molecule has 0 unspecified atom stereocenters. The molecule has 3 aromatic rings. The predicted octanol–water partition coefficient (Wildman–Crippen LogP) is 3.36. The van der Waals surface area contributed by atoms with Crippen molar-refractivity contribution in [1.29, 1.82) is 0 Å². The Morgan fingerprint density at radius 3 is 2.40 bits per heavy atom. The molecule has 0 N–H and O–H groups in total. The molecule has 0 radical (unpaired) electrons. The van der Waals surface area contributed by atoms with Gasteiger partial charge in [-0.3, -0.25) is 9.48 Å². The van der Waals surface area contributed by atoms with Crippen LogP contribution in [0.4, 0.5) is 5.13 Å². The number of anilines is 1. The molecule has 0 saturated carbocycles. The standard InChI is InChI=1S/C21H27N5O3S/c1-13(2)26-15(12-14(3)23-26)20(27)24-8-10-25(11-9-24)21-22-18-16(28-4)6-7-17(29-5)19(18)30-21/h6-7,12-13H,8-11H2,1-5H3. The number of carbonyl (C=O) groups excluding carboxylic acids is 1. The minimum Gasteiger partial charge on any atom is -0.495 e. The summed E-state index contributed by atoms with van der Waals surface area (Å²) in [6.07, 6.45) is 0. The normalized spacial score (nSPS) is 14.6. The number of hydrogen-bond donors (Lipinski definition) is 0. The molecule has 2 aromatic heterocycles. The number of rotatable bonds is 5. The Hall–Kier alpha value is -2.81. The number of benzene rings is 1. The molecule has 4 rings (SSSR count). The van der Waals surface area contributed by atoms with Crippen molar-refractivity contribution in [1.82, 2.24) is 19.7 Å². The van der Waals surface area contributed by atoms with E-state index >= 15 is 0 Å². The van der Waals surface area contributed by atoms with E-state index in [1.54, 1.807) is 25.6 Å². The minimum absolute atomic E-state index is 0.0385. The summed E-state index contributed by atoms with van der Waals surface area (Å²) in [7, 11) is 3.31. The first-order valence-electron chi connectivity index (χ1n) is 10.0. The number of nitrogens with zero attached hydrogens (tertiary/aromatic N) is 5. The van der Waals surface area contributed by atoms with Crippen molar-refractivity contribution in [3.63, 3.8) is 0 Å².